The molecule has 3 nitrogen and oxygen atoms in total. The van der Waals surface area contributed by atoms with Crippen LogP contribution in [0.15, 0.2) is 97.2 Å². The summed E-state index contributed by atoms with van der Waals surface area (Å²) in [6, 6.07) is 30.3. The van der Waals surface area contributed by atoms with Gasteiger partial charge in [-0.25, -0.2) is 0 Å². The van der Waals surface area contributed by atoms with Crippen LogP contribution >= 0.6 is 0 Å². The van der Waals surface area contributed by atoms with Crippen molar-refractivity contribution in [3.8, 4) is 5.75 Å². The van der Waals surface area contributed by atoms with Crippen LogP contribution in [0.3, 0.4) is 0 Å². The molecule has 0 saturated carbocycles. The SMILES string of the molecule is COc1ccc(C(CC(=O)c2ccc3ccccc3c2)c2c[nH]c3ccccc23)cc1. The molecule has 3 heteroatoms. The van der Waals surface area contributed by atoms with E-state index in [2.05, 4.69) is 35.3 Å². The number of aromatic nitrogens is 1. The summed E-state index contributed by atoms with van der Waals surface area (Å²) in [5, 5.41) is 3.37. The molecule has 0 fully saturated rings. The highest BCUT2D eigenvalue weighted by atomic mass is 16.5. The van der Waals surface area contributed by atoms with Crippen molar-refractivity contribution >= 4 is 27.5 Å². The van der Waals surface area contributed by atoms with E-state index in [4.69, 9.17) is 4.74 Å². The van der Waals surface area contributed by atoms with E-state index in [0.717, 1.165) is 44.1 Å². The van der Waals surface area contributed by atoms with Gasteiger partial charge in [-0.1, -0.05) is 66.7 Å². The van der Waals surface area contributed by atoms with Gasteiger partial charge in [0.15, 0.2) is 5.78 Å². The highest BCUT2D eigenvalue weighted by Gasteiger charge is 2.22. The van der Waals surface area contributed by atoms with Crippen molar-refractivity contribution in [3.63, 3.8) is 0 Å². The number of nitrogens with one attached hydrogen (secondary N) is 1. The van der Waals surface area contributed by atoms with E-state index in [1.165, 1.54) is 0 Å². The molecule has 0 spiro atoms. The van der Waals surface area contributed by atoms with Crippen LogP contribution in [0.1, 0.15) is 33.8 Å². The van der Waals surface area contributed by atoms with Gasteiger partial charge in [-0.15, -0.1) is 0 Å². The number of carbonyl (C=O) groups excluding carboxylic acids is 1. The summed E-state index contributed by atoms with van der Waals surface area (Å²) in [6.07, 6.45) is 2.43. The van der Waals surface area contributed by atoms with E-state index < -0.39 is 0 Å². The Morgan fingerprint density at radius 2 is 1.61 bits per heavy atom. The Bertz CT molecular complexity index is 1360. The van der Waals surface area contributed by atoms with Crippen LogP contribution in [0.25, 0.3) is 21.7 Å². The Kier molecular flexibility index (Phi) is 5.01. The van der Waals surface area contributed by atoms with Gasteiger partial charge >= 0.3 is 0 Å². The number of Topliss-reactive ketones (excluding diaryl/α,β-unsaturated/α-hetero) is 1. The number of hydrogen-bond acceptors (Lipinski definition) is 2. The summed E-state index contributed by atoms with van der Waals surface area (Å²) >= 11 is 0. The molecule has 1 atom stereocenters. The molecule has 5 rings (SSSR count). The molecule has 0 aliphatic heterocycles. The summed E-state index contributed by atoms with van der Waals surface area (Å²) in [6.45, 7) is 0. The lowest BCUT2D eigenvalue weighted by Gasteiger charge is -2.17. The molecule has 0 saturated heterocycles. The maximum Gasteiger partial charge on any atom is 0.163 e. The maximum atomic E-state index is 13.4. The van der Waals surface area contributed by atoms with E-state index in [1.54, 1.807) is 7.11 Å². The Balaban J connectivity index is 1.55. The van der Waals surface area contributed by atoms with Crippen molar-refractivity contribution in [1.82, 2.24) is 4.98 Å². The highest BCUT2D eigenvalue weighted by Crippen LogP contribution is 2.35. The zero-order valence-corrected chi connectivity index (χ0v) is 17.3. The minimum atomic E-state index is -0.0546. The fourth-order valence-corrected chi connectivity index (χ4v) is 4.29. The number of para-hydroxylation sites is 1. The molecule has 152 valence electrons. The molecule has 1 heterocycles. The second-order valence-corrected chi connectivity index (χ2v) is 7.80. The lowest BCUT2D eigenvalue weighted by molar-refractivity contribution is 0.0978. The fourth-order valence-electron chi connectivity index (χ4n) is 4.29. The molecule has 0 aliphatic carbocycles. The van der Waals surface area contributed by atoms with Gasteiger partial charge in [0, 0.05) is 35.0 Å². The van der Waals surface area contributed by atoms with Crippen molar-refractivity contribution < 1.29 is 9.53 Å². The first-order valence-electron chi connectivity index (χ1n) is 10.4. The smallest absolute Gasteiger partial charge is 0.163 e. The summed E-state index contributed by atoms with van der Waals surface area (Å²) in [7, 11) is 1.66. The number of rotatable bonds is 6. The van der Waals surface area contributed by atoms with Gasteiger partial charge in [-0.2, -0.15) is 0 Å². The van der Waals surface area contributed by atoms with Gasteiger partial charge in [0.05, 0.1) is 7.11 Å². The first kappa shape index (κ1) is 19.1. The molecule has 1 aromatic heterocycles. The molecule has 4 aromatic carbocycles. The molecule has 1 unspecified atom stereocenters. The number of carbonyl (C=O) groups is 1. The lowest BCUT2D eigenvalue weighted by Crippen LogP contribution is -2.09. The number of hydrogen-bond donors (Lipinski definition) is 1. The van der Waals surface area contributed by atoms with Crippen LogP contribution in [0, 0.1) is 0 Å². The Hall–Kier alpha value is -3.85. The van der Waals surface area contributed by atoms with Crippen LogP contribution in [-0.2, 0) is 0 Å². The minimum Gasteiger partial charge on any atom is -0.497 e. The average molecular weight is 405 g/mol. The van der Waals surface area contributed by atoms with Gasteiger partial charge in [-0.3, -0.25) is 4.79 Å². The molecular formula is C28H23NO2. The quantitative estimate of drug-likeness (QED) is 0.318. The van der Waals surface area contributed by atoms with Crippen LogP contribution in [0.5, 0.6) is 5.75 Å². The first-order valence-corrected chi connectivity index (χ1v) is 10.4. The third-order valence-corrected chi connectivity index (χ3v) is 5.98. The van der Waals surface area contributed by atoms with Gasteiger partial charge in [0.1, 0.15) is 5.75 Å². The van der Waals surface area contributed by atoms with Crippen LogP contribution in [-0.4, -0.2) is 17.9 Å². The van der Waals surface area contributed by atoms with Crippen molar-refractivity contribution in [3.05, 3.63) is 114 Å². The summed E-state index contributed by atoms with van der Waals surface area (Å²) in [4.78, 5) is 16.8. The number of benzene rings is 4. The number of fused-ring (bicyclic) bond motifs is 2. The molecule has 31 heavy (non-hydrogen) atoms. The van der Waals surface area contributed by atoms with Gasteiger partial charge in [0.2, 0.25) is 0 Å². The molecule has 0 bridgehead atoms. The maximum absolute atomic E-state index is 13.4. The zero-order chi connectivity index (χ0) is 21.2. The third-order valence-electron chi connectivity index (χ3n) is 5.98. The topological polar surface area (TPSA) is 42.1 Å². The van der Waals surface area contributed by atoms with Gasteiger partial charge < -0.3 is 9.72 Å². The van der Waals surface area contributed by atoms with Crippen molar-refractivity contribution in [1.29, 1.82) is 0 Å². The van der Waals surface area contributed by atoms with E-state index in [0.29, 0.717) is 6.42 Å². The molecule has 0 amide bonds. The second-order valence-electron chi connectivity index (χ2n) is 7.80. The number of aromatic amines is 1. The summed E-state index contributed by atoms with van der Waals surface area (Å²) in [5.41, 5.74) is 4.06. The highest BCUT2D eigenvalue weighted by molar-refractivity contribution is 6.01. The Labute approximate surface area is 181 Å². The van der Waals surface area contributed by atoms with Crippen LogP contribution in [0.4, 0.5) is 0 Å². The number of methoxy groups -OCH3 is 1. The Morgan fingerprint density at radius 3 is 2.42 bits per heavy atom. The lowest BCUT2D eigenvalue weighted by atomic mass is 9.85. The van der Waals surface area contributed by atoms with E-state index in [-0.39, 0.29) is 11.7 Å². The third kappa shape index (κ3) is 3.71. The molecule has 0 radical (unpaired) electrons. The molecular weight excluding hydrogens is 382 g/mol. The van der Waals surface area contributed by atoms with Gasteiger partial charge in [0.25, 0.3) is 0 Å². The van der Waals surface area contributed by atoms with Crippen LogP contribution in [0.2, 0.25) is 0 Å². The predicted molar refractivity (Wildman–Crippen MR) is 126 cm³/mol. The number of ether oxygens (including phenoxy) is 1. The van der Waals surface area contributed by atoms with Crippen LogP contribution < -0.4 is 4.74 Å². The van der Waals surface area contributed by atoms with E-state index >= 15 is 0 Å². The Morgan fingerprint density at radius 1 is 0.871 bits per heavy atom. The first-order chi connectivity index (χ1) is 15.2. The second kappa shape index (κ2) is 8.11. The van der Waals surface area contributed by atoms with Crippen molar-refractivity contribution in [2.45, 2.75) is 12.3 Å². The predicted octanol–water partition coefficient (Wildman–Crippen LogP) is 6.73. The van der Waals surface area contributed by atoms with Crippen molar-refractivity contribution in [2.75, 3.05) is 7.11 Å². The summed E-state index contributed by atoms with van der Waals surface area (Å²) in [5.74, 6) is 0.889. The monoisotopic (exact) mass is 405 g/mol. The van der Waals surface area contributed by atoms with Crippen molar-refractivity contribution in [2.24, 2.45) is 0 Å². The number of H-pyrrole nitrogens is 1. The molecule has 5 aromatic rings. The average Bonchev–Trinajstić information content (AvgIpc) is 3.26. The van der Waals surface area contributed by atoms with Gasteiger partial charge in [-0.05, 0) is 46.2 Å². The fraction of sp³-hybridized carbons (Fsp3) is 0.107. The number of ketones is 1. The zero-order valence-electron chi connectivity index (χ0n) is 17.3. The molecule has 1 N–H and O–H groups in total. The minimum absolute atomic E-state index is 0.0546. The standard InChI is InChI=1S/C28H23NO2/c1-31-23-14-12-20(13-15-23)25(26-18-29-27-9-5-4-8-24(26)27)17-28(30)22-11-10-19-6-2-3-7-21(19)16-22/h2-16,18,25,29H,17H2,1H3. The van der Waals surface area contributed by atoms with E-state index in [9.17, 15) is 4.79 Å². The normalized spacial score (nSPS) is 12.2. The molecule has 0 aliphatic rings. The largest absolute Gasteiger partial charge is 0.497 e. The summed E-state index contributed by atoms with van der Waals surface area (Å²) < 4.78 is 5.33. The van der Waals surface area contributed by atoms with E-state index in [1.807, 2.05) is 66.9 Å².